The number of halogens is 3. The van der Waals surface area contributed by atoms with Crippen LogP contribution in [0.1, 0.15) is 34.5 Å². The highest BCUT2D eigenvalue weighted by molar-refractivity contribution is 5.95. The third kappa shape index (κ3) is 3.88. The Morgan fingerprint density at radius 2 is 1.92 bits per heavy atom. The normalized spacial score (nSPS) is 12.6. The van der Waals surface area contributed by atoms with E-state index in [1.165, 1.54) is 23.1 Å². The first kappa shape index (κ1) is 17.6. The molecule has 0 saturated carbocycles. The minimum absolute atomic E-state index is 0.344. The van der Waals surface area contributed by atoms with E-state index >= 15 is 0 Å². The van der Waals surface area contributed by atoms with Crippen LogP contribution >= 0.6 is 0 Å². The molecule has 2 aromatic carbocycles. The molecule has 3 aromatic rings. The van der Waals surface area contributed by atoms with Crippen LogP contribution in [0.15, 0.2) is 54.9 Å². The Hall–Kier alpha value is -3.23. The first-order chi connectivity index (χ1) is 12.3. The molecular weight excluding hydrogens is 347 g/mol. The number of amides is 1. The van der Waals surface area contributed by atoms with E-state index in [0.29, 0.717) is 16.8 Å². The van der Waals surface area contributed by atoms with Crippen LogP contribution in [0.4, 0.5) is 13.2 Å². The maximum atomic E-state index is 12.8. The average molecular weight is 361 g/mol. The number of carbonyl (C=O) groups is 1. The molecule has 0 aliphatic carbocycles. The fourth-order valence-electron chi connectivity index (χ4n) is 2.42. The Morgan fingerprint density at radius 3 is 2.62 bits per heavy atom. The maximum Gasteiger partial charge on any atom is 0.416 e. The number of tetrazole rings is 1. The molecule has 0 bridgehead atoms. The van der Waals surface area contributed by atoms with Crippen LogP contribution in [-0.4, -0.2) is 26.1 Å². The van der Waals surface area contributed by atoms with Crippen LogP contribution in [-0.2, 0) is 6.18 Å². The van der Waals surface area contributed by atoms with Crippen LogP contribution in [0, 0.1) is 0 Å². The molecular formula is C17H14F3N5O. The number of nitrogens with zero attached hydrogens (tertiary/aromatic N) is 4. The van der Waals surface area contributed by atoms with Crippen molar-refractivity contribution in [2.24, 2.45) is 0 Å². The summed E-state index contributed by atoms with van der Waals surface area (Å²) in [5.74, 6) is -0.412. The topological polar surface area (TPSA) is 72.7 Å². The van der Waals surface area contributed by atoms with E-state index in [0.717, 1.165) is 12.1 Å². The molecule has 0 radical (unpaired) electrons. The second kappa shape index (κ2) is 6.95. The monoisotopic (exact) mass is 361 g/mol. The molecule has 1 N–H and O–H groups in total. The van der Waals surface area contributed by atoms with Gasteiger partial charge in [0.15, 0.2) is 0 Å². The van der Waals surface area contributed by atoms with Gasteiger partial charge in [-0.3, -0.25) is 4.79 Å². The molecule has 3 rings (SSSR count). The molecule has 26 heavy (non-hydrogen) atoms. The molecule has 0 aliphatic heterocycles. The van der Waals surface area contributed by atoms with Gasteiger partial charge in [-0.15, -0.1) is 5.10 Å². The molecule has 0 fully saturated rings. The predicted molar refractivity (Wildman–Crippen MR) is 86.5 cm³/mol. The zero-order chi connectivity index (χ0) is 18.7. The van der Waals surface area contributed by atoms with Crippen LogP contribution in [0.5, 0.6) is 0 Å². The van der Waals surface area contributed by atoms with Crippen molar-refractivity contribution in [1.29, 1.82) is 0 Å². The van der Waals surface area contributed by atoms with Crippen LogP contribution in [0.25, 0.3) is 5.69 Å². The fourth-order valence-corrected chi connectivity index (χ4v) is 2.42. The number of rotatable bonds is 4. The van der Waals surface area contributed by atoms with Crippen molar-refractivity contribution in [1.82, 2.24) is 25.5 Å². The summed E-state index contributed by atoms with van der Waals surface area (Å²) in [6, 6.07) is 10.9. The standard InChI is InChI=1S/C17H14F3N5O/c1-11(12-4-2-6-14(8-12)17(18,19)20)22-16(26)13-5-3-7-15(9-13)25-10-21-23-24-25/h2-11H,1H3,(H,22,26). The molecule has 0 aliphatic rings. The van der Waals surface area contributed by atoms with E-state index in [2.05, 4.69) is 20.8 Å². The van der Waals surface area contributed by atoms with Crippen molar-refractivity contribution < 1.29 is 18.0 Å². The molecule has 1 atom stereocenters. The van der Waals surface area contributed by atoms with Gasteiger partial charge in [-0.25, -0.2) is 4.68 Å². The summed E-state index contributed by atoms with van der Waals surface area (Å²) in [6.07, 6.45) is -3.04. The minimum Gasteiger partial charge on any atom is -0.346 e. The van der Waals surface area contributed by atoms with Crippen molar-refractivity contribution in [2.45, 2.75) is 19.1 Å². The summed E-state index contributed by atoms with van der Waals surface area (Å²) in [4.78, 5) is 12.4. The van der Waals surface area contributed by atoms with Gasteiger partial charge in [0.2, 0.25) is 0 Å². The zero-order valence-corrected chi connectivity index (χ0v) is 13.6. The van der Waals surface area contributed by atoms with E-state index in [1.807, 2.05) is 0 Å². The van der Waals surface area contributed by atoms with Gasteiger partial charge < -0.3 is 5.32 Å². The van der Waals surface area contributed by atoms with Crippen molar-refractivity contribution in [3.63, 3.8) is 0 Å². The van der Waals surface area contributed by atoms with Crippen molar-refractivity contribution in [3.05, 3.63) is 71.5 Å². The SMILES string of the molecule is CC(NC(=O)c1cccc(-n2cnnn2)c1)c1cccc(C(F)(F)F)c1. The number of hydrogen-bond donors (Lipinski definition) is 1. The molecule has 1 aromatic heterocycles. The smallest absolute Gasteiger partial charge is 0.346 e. The maximum absolute atomic E-state index is 12.8. The first-order valence-electron chi connectivity index (χ1n) is 7.66. The summed E-state index contributed by atoms with van der Waals surface area (Å²) in [6.45, 7) is 1.62. The van der Waals surface area contributed by atoms with Gasteiger partial charge in [0, 0.05) is 5.56 Å². The van der Waals surface area contributed by atoms with E-state index in [-0.39, 0.29) is 0 Å². The number of alkyl halides is 3. The molecule has 0 spiro atoms. The van der Waals surface area contributed by atoms with Gasteiger partial charge in [0.1, 0.15) is 6.33 Å². The largest absolute Gasteiger partial charge is 0.416 e. The Bertz CT molecular complexity index is 909. The van der Waals surface area contributed by atoms with Gasteiger partial charge in [0.25, 0.3) is 5.91 Å². The van der Waals surface area contributed by atoms with E-state index < -0.39 is 23.7 Å². The lowest BCUT2D eigenvalue weighted by Crippen LogP contribution is -2.27. The third-order valence-electron chi connectivity index (χ3n) is 3.78. The highest BCUT2D eigenvalue weighted by Crippen LogP contribution is 2.30. The predicted octanol–water partition coefficient (Wildman–Crippen LogP) is 3.17. The summed E-state index contributed by atoms with van der Waals surface area (Å²) >= 11 is 0. The number of carbonyl (C=O) groups excluding carboxylic acids is 1. The molecule has 6 nitrogen and oxygen atoms in total. The molecule has 1 amide bonds. The number of aromatic nitrogens is 4. The molecule has 0 saturated heterocycles. The summed E-state index contributed by atoms with van der Waals surface area (Å²) in [5, 5.41) is 13.5. The summed E-state index contributed by atoms with van der Waals surface area (Å²) in [7, 11) is 0. The van der Waals surface area contributed by atoms with Crippen molar-refractivity contribution in [2.75, 3.05) is 0 Å². The van der Waals surface area contributed by atoms with Crippen LogP contribution < -0.4 is 5.32 Å². The number of benzene rings is 2. The van der Waals surface area contributed by atoms with Gasteiger partial charge in [0.05, 0.1) is 17.3 Å². The van der Waals surface area contributed by atoms with Crippen LogP contribution in [0.2, 0.25) is 0 Å². The zero-order valence-electron chi connectivity index (χ0n) is 13.6. The fraction of sp³-hybridized carbons (Fsp3) is 0.176. The van der Waals surface area contributed by atoms with E-state index in [1.54, 1.807) is 31.2 Å². The first-order valence-corrected chi connectivity index (χ1v) is 7.66. The number of nitrogens with one attached hydrogen (secondary N) is 1. The van der Waals surface area contributed by atoms with E-state index in [9.17, 15) is 18.0 Å². The Balaban J connectivity index is 1.77. The average Bonchev–Trinajstić information content (AvgIpc) is 3.16. The van der Waals surface area contributed by atoms with Gasteiger partial charge in [-0.05, 0) is 53.2 Å². The number of hydrogen-bond acceptors (Lipinski definition) is 4. The molecule has 9 heteroatoms. The lowest BCUT2D eigenvalue weighted by Gasteiger charge is -2.16. The van der Waals surface area contributed by atoms with Gasteiger partial charge >= 0.3 is 6.18 Å². The molecule has 1 heterocycles. The van der Waals surface area contributed by atoms with Crippen molar-refractivity contribution >= 4 is 5.91 Å². The van der Waals surface area contributed by atoms with Gasteiger partial charge in [-0.2, -0.15) is 13.2 Å². The quantitative estimate of drug-likeness (QED) is 0.775. The van der Waals surface area contributed by atoms with Crippen LogP contribution in [0.3, 0.4) is 0 Å². The molecule has 134 valence electrons. The highest BCUT2D eigenvalue weighted by Gasteiger charge is 2.30. The highest BCUT2D eigenvalue weighted by atomic mass is 19.4. The summed E-state index contributed by atoms with van der Waals surface area (Å²) in [5.41, 5.74) is 0.549. The summed E-state index contributed by atoms with van der Waals surface area (Å²) < 4.78 is 39.9. The Morgan fingerprint density at radius 1 is 1.15 bits per heavy atom. The van der Waals surface area contributed by atoms with Gasteiger partial charge in [-0.1, -0.05) is 18.2 Å². The lowest BCUT2D eigenvalue weighted by molar-refractivity contribution is -0.137. The second-order valence-corrected chi connectivity index (χ2v) is 5.62. The minimum atomic E-state index is -4.43. The Kier molecular flexibility index (Phi) is 4.70. The molecule has 1 unspecified atom stereocenters. The lowest BCUT2D eigenvalue weighted by atomic mass is 10.0. The second-order valence-electron chi connectivity index (χ2n) is 5.62. The van der Waals surface area contributed by atoms with Crippen molar-refractivity contribution in [3.8, 4) is 5.69 Å². The van der Waals surface area contributed by atoms with E-state index in [4.69, 9.17) is 0 Å². The third-order valence-corrected chi connectivity index (χ3v) is 3.78. The Labute approximate surface area is 146 Å².